The van der Waals surface area contributed by atoms with Crippen LogP contribution in [0.25, 0.3) is 0 Å². The summed E-state index contributed by atoms with van der Waals surface area (Å²) in [7, 11) is -1.71. The maximum Gasteiger partial charge on any atom is 0.490 e. The zero-order valence-corrected chi connectivity index (χ0v) is 10.8. The van der Waals surface area contributed by atoms with Crippen LogP contribution in [0.2, 0.25) is 0 Å². The number of halogens is 2. The normalized spacial score (nSPS) is 18.2. The first-order valence-corrected chi connectivity index (χ1v) is 6.32. The molecule has 2 heterocycles. The number of rotatable bonds is 2. The Morgan fingerprint density at radius 1 is 1.35 bits per heavy atom. The van der Waals surface area contributed by atoms with Gasteiger partial charge >= 0.3 is 7.12 Å². The van der Waals surface area contributed by atoms with E-state index in [0.717, 1.165) is 0 Å². The van der Waals surface area contributed by atoms with Gasteiger partial charge in [-0.25, -0.2) is 13.8 Å². The van der Waals surface area contributed by atoms with E-state index in [1.165, 1.54) is 12.3 Å². The molecule has 0 saturated carbocycles. The van der Waals surface area contributed by atoms with Crippen molar-refractivity contribution < 1.29 is 18.8 Å². The van der Waals surface area contributed by atoms with E-state index in [9.17, 15) is 8.78 Å². The molecule has 8 heteroatoms. The van der Waals surface area contributed by atoms with Gasteiger partial charge in [-0.1, -0.05) is 0 Å². The Balaban J connectivity index is 2.26. The summed E-state index contributed by atoms with van der Waals surface area (Å²) in [5.74, 6) is -2.36. The van der Waals surface area contributed by atoms with Crippen LogP contribution in [0, 0.1) is 11.3 Å². The summed E-state index contributed by atoms with van der Waals surface area (Å²) in [4.78, 5) is 5.67. The summed E-state index contributed by atoms with van der Waals surface area (Å²) in [6, 6.07) is 3.23. The number of alkyl halides is 2. The number of hydrogen-bond donors (Lipinski definition) is 2. The molecule has 1 saturated heterocycles. The Labute approximate surface area is 115 Å². The van der Waals surface area contributed by atoms with Crippen molar-refractivity contribution in [2.45, 2.75) is 25.2 Å². The van der Waals surface area contributed by atoms with E-state index >= 15 is 0 Å². The van der Waals surface area contributed by atoms with Crippen LogP contribution in [0.15, 0.2) is 12.3 Å². The third kappa shape index (κ3) is 3.24. The fraction of sp³-hybridized carbons (Fsp3) is 0.500. The van der Waals surface area contributed by atoms with Gasteiger partial charge in [0.05, 0.1) is 5.56 Å². The maximum absolute atomic E-state index is 13.3. The van der Waals surface area contributed by atoms with Crippen LogP contribution in [0.1, 0.15) is 24.8 Å². The van der Waals surface area contributed by atoms with Crippen molar-refractivity contribution >= 4 is 18.4 Å². The molecule has 106 valence electrons. The van der Waals surface area contributed by atoms with Crippen molar-refractivity contribution in [3.05, 3.63) is 17.8 Å². The summed E-state index contributed by atoms with van der Waals surface area (Å²) in [5, 5.41) is 27.2. The Bertz CT molecular complexity index is 534. The molecule has 1 fully saturated rings. The van der Waals surface area contributed by atoms with E-state index < -0.39 is 13.0 Å². The first-order chi connectivity index (χ1) is 9.43. The minimum atomic E-state index is -2.68. The van der Waals surface area contributed by atoms with Crippen LogP contribution in [0.5, 0.6) is 0 Å². The molecule has 5 nitrogen and oxygen atoms in total. The molecular formula is C12H14BF2N3O2. The SMILES string of the molecule is N#Cc1cc(B(O)O)cnc1N1CCCC(F)(F)CC1. The second-order valence-electron chi connectivity index (χ2n) is 4.82. The van der Waals surface area contributed by atoms with Gasteiger partial charge in [0.1, 0.15) is 11.9 Å². The van der Waals surface area contributed by atoms with Gasteiger partial charge in [-0.2, -0.15) is 5.26 Å². The molecule has 0 aromatic carbocycles. The van der Waals surface area contributed by atoms with Gasteiger partial charge in [0, 0.05) is 37.6 Å². The molecule has 0 bridgehead atoms. The van der Waals surface area contributed by atoms with Crippen molar-refractivity contribution in [3.63, 3.8) is 0 Å². The van der Waals surface area contributed by atoms with Crippen LogP contribution in [-0.4, -0.2) is 41.2 Å². The van der Waals surface area contributed by atoms with Crippen LogP contribution >= 0.6 is 0 Å². The summed E-state index contributed by atoms with van der Waals surface area (Å²) >= 11 is 0. The van der Waals surface area contributed by atoms with Gasteiger partial charge in [0.25, 0.3) is 0 Å². The van der Waals surface area contributed by atoms with Crippen LogP contribution in [0.4, 0.5) is 14.6 Å². The van der Waals surface area contributed by atoms with Gasteiger partial charge in [-0.05, 0) is 12.5 Å². The quantitative estimate of drug-likeness (QED) is 0.760. The minimum absolute atomic E-state index is 0.102. The van der Waals surface area contributed by atoms with Gasteiger partial charge in [0.2, 0.25) is 5.92 Å². The smallest absolute Gasteiger partial charge is 0.423 e. The highest BCUT2D eigenvalue weighted by molar-refractivity contribution is 6.58. The average molecular weight is 281 g/mol. The molecule has 0 aliphatic carbocycles. The van der Waals surface area contributed by atoms with E-state index in [0.29, 0.717) is 18.8 Å². The highest BCUT2D eigenvalue weighted by atomic mass is 19.3. The minimum Gasteiger partial charge on any atom is -0.423 e. The highest BCUT2D eigenvalue weighted by Gasteiger charge is 2.32. The number of aromatic nitrogens is 1. The number of anilines is 1. The van der Waals surface area contributed by atoms with Gasteiger partial charge in [-0.15, -0.1) is 0 Å². The second kappa shape index (κ2) is 5.73. The first-order valence-electron chi connectivity index (χ1n) is 6.32. The third-order valence-electron chi connectivity index (χ3n) is 3.32. The number of nitriles is 1. The monoisotopic (exact) mass is 281 g/mol. The van der Waals surface area contributed by atoms with E-state index in [2.05, 4.69) is 4.98 Å². The molecule has 0 unspecified atom stereocenters. The van der Waals surface area contributed by atoms with E-state index in [4.69, 9.17) is 15.3 Å². The predicted molar refractivity (Wildman–Crippen MR) is 69.8 cm³/mol. The lowest BCUT2D eigenvalue weighted by Crippen LogP contribution is -2.33. The Hall–Kier alpha value is -1.72. The summed E-state index contributed by atoms with van der Waals surface area (Å²) < 4.78 is 26.7. The molecule has 0 atom stereocenters. The van der Waals surface area contributed by atoms with Gasteiger partial charge in [-0.3, -0.25) is 0 Å². The van der Waals surface area contributed by atoms with Crippen molar-refractivity contribution in [2.24, 2.45) is 0 Å². The number of nitrogens with zero attached hydrogens (tertiary/aromatic N) is 3. The fourth-order valence-corrected chi connectivity index (χ4v) is 2.22. The second-order valence-corrected chi connectivity index (χ2v) is 4.82. The standard InChI is InChI=1S/C12H14BF2N3O2/c14-12(15)2-1-4-18(5-3-12)11-9(7-16)6-10(8-17-11)13(19)20/h6,8,19-20H,1-5H2. The molecule has 1 aromatic heterocycles. The zero-order valence-electron chi connectivity index (χ0n) is 10.8. The Morgan fingerprint density at radius 2 is 2.10 bits per heavy atom. The van der Waals surface area contributed by atoms with Gasteiger partial charge in [0.15, 0.2) is 0 Å². The molecule has 1 aromatic rings. The lowest BCUT2D eigenvalue weighted by atomic mass is 9.81. The zero-order chi connectivity index (χ0) is 14.8. The third-order valence-corrected chi connectivity index (χ3v) is 3.32. The first kappa shape index (κ1) is 14.7. The molecule has 2 N–H and O–H groups in total. The van der Waals surface area contributed by atoms with Crippen LogP contribution in [0.3, 0.4) is 0 Å². The number of hydrogen-bond acceptors (Lipinski definition) is 5. The van der Waals surface area contributed by atoms with E-state index in [1.54, 1.807) is 4.90 Å². The van der Waals surface area contributed by atoms with Crippen molar-refractivity contribution in [1.82, 2.24) is 4.98 Å². The molecular weight excluding hydrogens is 267 g/mol. The molecule has 0 radical (unpaired) electrons. The lowest BCUT2D eigenvalue weighted by Gasteiger charge is -2.22. The molecule has 1 aliphatic heterocycles. The summed E-state index contributed by atoms with van der Waals surface area (Å²) in [6.07, 6.45) is 1.12. The summed E-state index contributed by atoms with van der Waals surface area (Å²) in [6.45, 7) is 0.522. The highest BCUT2D eigenvalue weighted by Crippen LogP contribution is 2.30. The van der Waals surface area contributed by atoms with E-state index in [1.807, 2.05) is 6.07 Å². The Morgan fingerprint density at radius 3 is 2.75 bits per heavy atom. The molecule has 2 rings (SSSR count). The maximum atomic E-state index is 13.3. The van der Waals surface area contributed by atoms with Crippen LogP contribution < -0.4 is 10.4 Å². The molecule has 0 amide bonds. The molecule has 20 heavy (non-hydrogen) atoms. The van der Waals surface area contributed by atoms with Crippen molar-refractivity contribution in [2.75, 3.05) is 18.0 Å². The van der Waals surface area contributed by atoms with Gasteiger partial charge < -0.3 is 14.9 Å². The van der Waals surface area contributed by atoms with Crippen LogP contribution in [-0.2, 0) is 0 Å². The topological polar surface area (TPSA) is 80.4 Å². The lowest BCUT2D eigenvalue weighted by molar-refractivity contribution is -0.0102. The largest absolute Gasteiger partial charge is 0.490 e. The van der Waals surface area contributed by atoms with Crippen molar-refractivity contribution in [1.29, 1.82) is 5.26 Å². The summed E-state index contributed by atoms with van der Waals surface area (Å²) in [5.41, 5.74) is 0.256. The van der Waals surface area contributed by atoms with E-state index in [-0.39, 0.29) is 30.4 Å². The Kier molecular flexibility index (Phi) is 4.21. The molecule has 0 spiro atoms. The molecule has 1 aliphatic rings. The fourth-order valence-electron chi connectivity index (χ4n) is 2.22. The van der Waals surface area contributed by atoms with Crippen molar-refractivity contribution in [3.8, 4) is 6.07 Å². The average Bonchev–Trinajstić information content (AvgIpc) is 2.59. The number of pyridine rings is 1. The predicted octanol–water partition coefficient (Wildman–Crippen LogP) is 0.259.